The van der Waals surface area contributed by atoms with E-state index in [1.54, 1.807) is 21.1 Å². The Morgan fingerprint density at radius 1 is 1.41 bits per heavy atom. The SMILES string of the molecule is COC(CN1CC(C)(C)[C@@](C)(O)C(=S)N1)OC. The Morgan fingerprint density at radius 3 is 2.35 bits per heavy atom. The Hall–Kier alpha value is -0.270. The third-order valence-corrected chi connectivity index (χ3v) is 3.99. The van der Waals surface area contributed by atoms with Gasteiger partial charge in [-0.1, -0.05) is 26.1 Å². The second-order valence-electron chi connectivity index (χ2n) is 5.18. The van der Waals surface area contributed by atoms with Crippen molar-refractivity contribution < 1.29 is 14.6 Å². The molecule has 5 nitrogen and oxygen atoms in total. The lowest BCUT2D eigenvalue weighted by atomic mass is 9.74. The van der Waals surface area contributed by atoms with Crippen molar-refractivity contribution in [3.8, 4) is 0 Å². The lowest BCUT2D eigenvalue weighted by Crippen LogP contribution is -2.67. The molecule has 1 heterocycles. The first kappa shape index (κ1) is 14.8. The highest BCUT2D eigenvalue weighted by Gasteiger charge is 2.48. The van der Waals surface area contributed by atoms with E-state index in [0.717, 1.165) is 0 Å². The first-order chi connectivity index (χ1) is 7.74. The third-order valence-electron chi connectivity index (χ3n) is 3.50. The molecule has 0 unspecified atom stereocenters. The molecule has 2 N–H and O–H groups in total. The van der Waals surface area contributed by atoms with Crippen LogP contribution in [0, 0.1) is 5.41 Å². The van der Waals surface area contributed by atoms with E-state index < -0.39 is 5.60 Å². The molecule has 1 rings (SSSR count). The minimum absolute atomic E-state index is 0.316. The number of aliphatic hydroxyl groups is 1. The number of methoxy groups -OCH3 is 2. The molecular formula is C11H22N2O3S. The fourth-order valence-electron chi connectivity index (χ4n) is 1.77. The number of hydrazine groups is 1. The summed E-state index contributed by atoms with van der Waals surface area (Å²) in [6.07, 6.45) is -0.316. The van der Waals surface area contributed by atoms with Crippen molar-refractivity contribution in [1.82, 2.24) is 10.4 Å². The number of rotatable bonds is 4. The minimum Gasteiger partial charge on any atom is -0.382 e. The lowest BCUT2D eigenvalue weighted by molar-refractivity contribution is -0.133. The number of hydrogen-bond donors (Lipinski definition) is 2. The molecule has 1 atom stereocenters. The van der Waals surface area contributed by atoms with Crippen LogP contribution >= 0.6 is 12.2 Å². The zero-order valence-electron chi connectivity index (χ0n) is 11.1. The molecule has 6 heteroatoms. The van der Waals surface area contributed by atoms with Crippen molar-refractivity contribution in [1.29, 1.82) is 0 Å². The van der Waals surface area contributed by atoms with Crippen LogP contribution in [0.2, 0.25) is 0 Å². The second kappa shape index (κ2) is 5.16. The van der Waals surface area contributed by atoms with Crippen LogP contribution in [-0.2, 0) is 9.47 Å². The van der Waals surface area contributed by atoms with E-state index in [1.165, 1.54) is 0 Å². The van der Waals surface area contributed by atoms with Crippen molar-refractivity contribution in [3.63, 3.8) is 0 Å². The van der Waals surface area contributed by atoms with Crippen molar-refractivity contribution in [2.45, 2.75) is 32.7 Å². The van der Waals surface area contributed by atoms with Crippen molar-refractivity contribution >= 4 is 17.2 Å². The summed E-state index contributed by atoms with van der Waals surface area (Å²) in [7, 11) is 3.19. The summed E-state index contributed by atoms with van der Waals surface area (Å²) in [6.45, 7) is 6.92. The summed E-state index contributed by atoms with van der Waals surface area (Å²) in [5.41, 5.74) is 1.68. The molecule has 0 aromatic rings. The second-order valence-corrected chi connectivity index (χ2v) is 5.59. The highest BCUT2D eigenvalue weighted by atomic mass is 32.1. The highest BCUT2D eigenvalue weighted by Crippen LogP contribution is 2.35. The van der Waals surface area contributed by atoms with Gasteiger partial charge in [-0.2, -0.15) is 0 Å². The summed E-state index contributed by atoms with van der Waals surface area (Å²) in [6, 6.07) is 0. The van der Waals surface area contributed by atoms with Crippen LogP contribution in [0.25, 0.3) is 0 Å². The molecule has 0 aromatic carbocycles. The predicted octanol–water partition coefficient (Wildman–Crippen LogP) is 0.530. The Balaban J connectivity index is 2.72. The van der Waals surface area contributed by atoms with Gasteiger partial charge in [0.15, 0.2) is 6.29 Å². The molecule has 1 saturated heterocycles. The molecule has 0 radical (unpaired) electrons. The van der Waals surface area contributed by atoms with Gasteiger partial charge in [0.05, 0.1) is 6.54 Å². The topological polar surface area (TPSA) is 54.0 Å². The Labute approximate surface area is 108 Å². The van der Waals surface area contributed by atoms with Crippen LogP contribution < -0.4 is 5.43 Å². The van der Waals surface area contributed by atoms with Crippen LogP contribution in [-0.4, -0.2) is 54.3 Å². The maximum atomic E-state index is 10.3. The summed E-state index contributed by atoms with van der Waals surface area (Å²) < 4.78 is 10.3. The zero-order chi connectivity index (χ0) is 13.3. The largest absolute Gasteiger partial charge is 0.382 e. The lowest BCUT2D eigenvalue weighted by Gasteiger charge is -2.49. The van der Waals surface area contributed by atoms with Crippen LogP contribution in [0.5, 0.6) is 0 Å². The van der Waals surface area contributed by atoms with E-state index in [1.807, 2.05) is 18.9 Å². The van der Waals surface area contributed by atoms with E-state index >= 15 is 0 Å². The molecule has 0 spiro atoms. The number of nitrogens with zero attached hydrogens (tertiary/aromatic N) is 1. The first-order valence-electron chi connectivity index (χ1n) is 5.58. The van der Waals surface area contributed by atoms with E-state index in [9.17, 15) is 5.11 Å². The predicted molar refractivity (Wildman–Crippen MR) is 69.5 cm³/mol. The van der Waals surface area contributed by atoms with Crippen LogP contribution in [0.3, 0.4) is 0 Å². The first-order valence-corrected chi connectivity index (χ1v) is 5.99. The van der Waals surface area contributed by atoms with Gasteiger partial charge in [0.1, 0.15) is 10.6 Å². The molecule has 1 aliphatic rings. The molecule has 0 saturated carbocycles. The van der Waals surface area contributed by atoms with Gasteiger partial charge in [-0.25, -0.2) is 5.01 Å². The molecule has 100 valence electrons. The number of thiocarbonyl (C=S) groups is 1. The maximum absolute atomic E-state index is 10.3. The Kier molecular flexibility index (Phi) is 4.49. The van der Waals surface area contributed by atoms with E-state index in [2.05, 4.69) is 5.43 Å². The standard InChI is InChI=1S/C11H22N2O3S/c1-10(2)7-13(6-8(15-4)16-5)12-9(17)11(10,3)14/h8,14H,6-7H2,1-5H3,(H,12,17)/t11-/m0/s1. The number of ether oxygens (including phenoxy) is 2. The van der Waals surface area contributed by atoms with Gasteiger partial charge in [0, 0.05) is 26.2 Å². The number of hydrogen-bond acceptors (Lipinski definition) is 5. The molecule has 1 aliphatic heterocycles. The van der Waals surface area contributed by atoms with Gasteiger partial charge < -0.3 is 20.0 Å². The molecule has 0 bridgehead atoms. The normalized spacial score (nSPS) is 29.5. The molecule has 0 aromatic heterocycles. The minimum atomic E-state index is -1.01. The highest BCUT2D eigenvalue weighted by molar-refractivity contribution is 7.80. The average molecular weight is 262 g/mol. The number of nitrogens with one attached hydrogen (secondary N) is 1. The molecule has 0 aliphatic carbocycles. The Morgan fingerprint density at radius 2 is 1.94 bits per heavy atom. The fourth-order valence-corrected chi connectivity index (χ4v) is 2.17. The average Bonchev–Trinajstić information content (AvgIpc) is 2.22. The van der Waals surface area contributed by atoms with Gasteiger partial charge >= 0.3 is 0 Å². The van der Waals surface area contributed by atoms with Crippen molar-refractivity contribution in [3.05, 3.63) is 0 Å². The van der Waals surface area contributed by atoms with Gasteiger partial charge in [-0.05, 0) is 6.92 Å². The molecule has 17 heavy (non-hydrogen) atoms. The Bertz CT molecular complexity index is 290. The van der Waals surface area contributed by atoms with Crippen molar-refractivity contribution in [2.24, 2.45) is 5.41 Å². The summed E-state index contributed by atoms with van der Waals surface area (Å²) >= 11 is 5.21. The van der Waals surface area contributed by atoms with Crippen LogP contribution in [0.4, 0.5) is 0 Å². The van der Waals surface area contributed by atoms with Gasteiger partial charge in [0.2, 0.25) is 0 Å². The fraction of sp³-hybridized carbons (Fsp3) is 0.909. The third kappa shape index (κ3) is 2.95. The molecule has 1 fully saturated rings. The molecule has 0 amide bonds. The van der Waals surface area contributed by atoms with Crippen LogP contribution in [0.15, 0.2) is 0 Å². The molecular weight excluding hydrogens is 240 g/mol. The summed E-state index contributed by atoms with van der Waals surface area (Å²) in [5.74, 6) is 0. The van der Waals surface area contributed by atoms with E-state index in [0.29, 0.717) is 18.1 Å². The maximum Gasteiger partial charge on any atom is 0.171 e. The monoisotopic (exact) mass is 262 g/mol. The zero-order valence-corrected chi connectivity index (χ0v) is 11.9. The van der Waals surface area contributed by atoms with Gasteiger partial charge in [-0.3, -0.25) is 0 Å². The summed E-state index contributed by atoms with van der Waals surface area (Å²) in [4.78, 5) is 0.430. The smallest absolute Gasteiger partial charge is 0.171 e. The van der Waals surface area contributed by atoms with E-state index in [4.69, 9.17) is 21.7 Å². The van der Waals surface area contributed by atoms with Crippen molar-refractivity contribution in [2.75, 3.05) is 27.3 Å². The quantitative estimate of drug-likeness (QED) is 0.569. The van der Waals surface area contributed by atoms with Gasteiger partial charge in [-0.15, -0.1) is 0 Å². The van der Waals surface area contributed by atoms with Gasteiger partial charge in [0.25, 0.3) is 0 Å². The van der Waals surface area contributed by atoms with E-state index in [-0.39, 0.29) is 11.7 Å². The summed E-state index contributed by atoms with van der Waals surface area (Å²) in [5, 5.41) is 12.3. The van der Waals surface area contributed by atoms with Crippen LogP contribution in [0.1, 0.15) is 20.8 Å².